The van der Waals surface area contributed by atoms with Gasteiger partial charge in [0, 0.05) is 13.0 Å². The van der Waals surface area contributed by atoms with Crippen molar-refractivity contribution >= 4 is 34.8 Å². The molecule has 0 saturated carbocycles. The minimum Gasteiger partial charge on any atom is -0.495 e. The maximum atomic E-state index is 12.5. The Morgan fingerprint density at radius 3 is 2.76 bits per heavy atom. The van der Waals surface area contributed by atoms with Crippen molar-refractivity contribution in [3.8, 4) is 5.75 Å². The topological polar surface area (TPSA) is 58.6 Å². The van der Waals surface area contributed by atoms with E-state index in [1.54, 1.807) is 36.3 Å². The quantitative estimate of drug-likeness (QED) is 0.907. The maximum Gasteiger partial charge on any atom is 0.229 e. The molecule has 0 aromatic heterocycles. The number of carbonyl (C=O) groups excluding carboxylic acids is 2. The van der Waals surface area contributed by atoms with E-state index in [0.717, 1.165) is 5.56 Å². The first-order valence-electron chi connectivity index (χ1n) is 8.00. The molecule has 1 fully saturated rings. The van der Waals surface area contributed by atoms with E-state index in [0.29, 0.717) is 28.7 Å². The van der Waals surface area contributed by atoms with E-state index in [2.05, 4.69) is 5.32 Å². The number of nitrogens with one attached hydrogen (secondary N) is 1. The van der Waals surface area contributed by atoms with Crippen molar-refractivity contribution in [2.24, 2.45) is 5.92 Å². The molecule has 1 unspecified atom stereocenters. The number of amides is 2. The Morgan fingerprint density at radius 2 is 2.04 bits per heavy atom. The van der Waals surface area contributed by atoms with Crippen LogP contribution in [0.1, 0.15) is 12.0 Å². The molecule has 0 aliphatic carbocycles. The molecule has 1 aliphatic heterocycles. The first kappa shape index (κ1) is 17.3. The van der Waals surface area contributed by atoms with Crippen LogP contribution in [0, 0.1) is 12.8 Å². The summed E-state index contributed by atoms with van der Waals surface area (Å²) in [7, 11) is 1.57. The number of benzene rings is 2. The van der Waals surface area contributed by atoms with E-state index < -0.39 is 5.92 Å². The smallest absolute Gasteiger partial charge is 0.229 e. The first-order chi connectivity index (χ1) is 12.0. The van der Waals surface area contributed by atoms with Crippen LogP contribution in [-0.2, 0) is 9.59 Å². The van der Waals surface area contributed by atoms with Crippen molar-refractivity contribution in [3.63, 3.8) is 0 Å². The van der Waals surface area contributed by atoms with Gasteiger partial charge in [-0.2, -0.15) is 0 Å². The number of carbonyl (C=O) groups is 2. The standard InChI is InChI=1S/C19H19ClN2O3/c1-12-7-8-17(25-2)16(9-12)22-11-13(10-18(22)23)19(24)21-15-6-4-3-5-14(15)20/h3-9,13H,10-11H2,1-2H3,(H,21,24). The number of methoxy groups -OCH3 is 1. The van der Waals surface area contributed by atoms with Gasteiger partial charge < -0.3 is 15.0 Å². The fraction of sp³-hybridized carbons (Fsp3) is 0.263. The van der Waals surface area contributed by atoms with E-state index >= 15 is 0 Å². The largest absolute Gasteiger partial charge is 0.495 e. The SMILES string of the molecule is COc1ccc(C)cc1N1CC(C(=O)Nc2ccccc2Cl)CC1=O. The van der Waals surface area contributed by atoms with Crippen LogP contribution in [0.3, 0.4) is 0 Å². The molecule has 6 heteroatoms. The second-order valence-corrected chi connectivity index (χ2v) is 6.46. The fourth-order valence-electron chi connectivity index (χ4n) is 2.92. The van der Waals surface area contributed by atoms with Crippen LogP contribution in [0.2, 0.25) is 5.02 Å². The molecular formula is C19H19ClN2O3. The first-order valence-corrected chi connectivity index (χ1v) is 8.38. The molecule has 3 rings (SSSR count). The average molecular weight is 359 g/mol. The third kappa shape index (κ3) is 3.61. The number of hydrogen-bond acceptors (Lipinski definition) is 3. The highest BCUT2D eigenvalue weighted by Crippen LogP contribution is 2.34. The van der Waals surface area contributed by atoms with E-state index in [9.17, 15) is 9.59 Å². The molecule has 0 spiro atoms. The molecule has 2 amide bonds. The normalized spacial score (nSPS) is 16.8. The van der Waals surface area contributed by atoms with Gasteiger partial charge in [0.2, 0.25) is 11.8 Å². The van der Waals surface area contributed by atoms with Crippen LogP contribution in [-0.4, -0.2) is 25.5 Å². The molecule has 5 nitrogen and oxygen atoms in total. The Balaban J connectivity index is 1.78. The molecule has 1 aliphatic rings. The number of nitrogens with zero attached hydrogens (tertiary/aromatic N) is 1. The van der Waals surface area contributed by atoms with Gasteiger partial charge in [0.15, 0.2) is 0 Å². The van der Waals surface area contributed by atoms with Crippen LogP contribution in [0.4, 0.5) is 11.4 Å². The molecule has 1 saturated heterocycles. The highest BCUT2D eigenvalue weighted by molar-refractivity contribution is 6.33. The van der Waals surface area contributed by atoms with Crippen LogP contribution < -0.4 is 15.0 Å². The molecule has 1 atom stereocenters. The predicted octanol–water partition coefficient (Wildman–Crippen LogP) is 3.65. The number of para-hydroxylation sites is 1. The van der Waals surface area contributed by atoms with E-state index in [-0.39, 0.29) is 18.2 Å². The summed E-state index contributed by atoms with van der Waals surface area (Å²) < 4.78 is 5.36. The Morgan fingerprint density at radius 1 is 1.28 bits per heavy atom. The number of ether oxygens (including phenoxy) is 1. The lowest BCUT2D eigenvalue weighted by molar-refractivity contribution is -0.122. The van der Waals surface area contributed by atoms with Gasteiger partial charge in [-0.25, -0.2) is 0 Å². The highest BCUT2D eigenvalue weighted by Gasteiger charge is 2.36. The summed E-state index contributed by atoms with van der Waals surface area (Å²) in [4.78, 5) is 26.6. The molecule has 1 heterocycles. The Labute approximate surface area is 151 Å². The average Bonchev–Trinajstić information content (AvgIpc) is 2.98. The van der Waals surface area contributed by atoms with E-state index in [1.807, 2.05) is 25.1 Å². The lowest BCUT2D eigenvalue weighted by Gasteiger charge is -2.20. The summed E-state index contributed by atoms with van der Waals surface area (Å²) in [5.41, 5.74) is 2.27. The maximum absolute atomic E-state index is 12.5. The summed E-state index contributed by atoms with van der Waals surface area (Å²) in [6.45, 7) is 2.26. The van der Waals surface area contributed by atoms with Gasteiger partial charge in [-0.3, -0.25) is 9.59 Å². The second kappa shape index (κ2) is 7.15. The number of anilines is 2. The Hall–Kier alpha value is -2.53. The molecule has 0 bridgehead atoms. The lowest BCUT2D eigenvalue weighted by Crippen LogP contribution is -2.28. The van der Waals surface area contributed by atoms with Gasteiger partial charge >= 0.3 is 0 Å². The second-order valence-electron chi connectivity index (χ2n) is 6.05. The molecule has 130 valence electrons. The van der Waals surface area contributed by atoms with Gasteiger partial charge in [0.1, 0.15) is 5.75 Å². The summed E-state index contributed by atoms with van der Waals surface area (Å²) in [5, 5.41) is 3.27. The molecular weight excluding hydrogens is 340 g/mol. The number of aryl methyl sites for hydroxylation is 1. The van der Waals surface area contributed by atoms with Crippen LogP contribution in [0.5, 0.6) is 5.75 Å². The van der Waals surface area contributed by atoms with Crippen molar-refractivity contribution in [2.45, 2.75) is 13.3 Å². The summed E-state index contributed by atoms with van der Waals surface area (Å²) >= 11 is 6.08. The fourth-order valence-corrected chi connectivity index (χ4v) is 3.11. The molecule has 25 heavy (non-hydrogen) atoms. The number of rotatable bonds is 4. The van der Waals surface area contributed by atoms with Crippen LogP contribution in [0.15, 0.2) is 42.5 Å². The molecule has 2 aromatic rings. The van der Waals surface area contributed by atoms with E-state index in [4.69, 9.17) is 16.3 Å². The minimum absolute atomic E-state index is 0.0943. The van der Waals surface area contributed by atoms with Gasteiger partial charge in [-0.05, 0) is 36.8 Å². The van der Waals surface area contributed by atoms with Crippen molar-refractivity contribution in [1.82, 2.24) is 0 Å². The van der Waals surface area contributed by atoms with Crippen molar-refractivity contribution in [3.05, 3.63) is 53.1 Å². The van der Waals surface area contributed by atoms with Crippen LogP contribution >= 0.6 is 11.6 Å². The zero-order valence-corrected chi connectivity index (χ0v) is 14.8. The predicted molar refractivity (Wildman–Crippen MR) is 98.3 cm³/mol. The van der Waals surface area contributed by atoms with E-state index in [1.165, 1.54) is 0 Å². The summed E-state index contributed by atoms with van der Waals surface area (Å²) in [5.74, 6) is -0.126. The van der Waals surface area contributed by atoms with Crippen molar-refractivity contribution in [1.29, 1.82) is 0 Å². The minimum atomic E-state index is -0.436. The summed E-state index contributed by atoms with van der Waals surface area (Å²) in [6, 6.07) is 12.7. The molecule has 1 N–H and O–H groups in total. The Kier molecular flexibility index (Phi) is 4.95. The Bertz CT molecular complexity index is 822. The third-order valence-electron chi connectivity index (χ3n) is 4.25. The molecule has 2 aromatic carbocycles. The van der Waals surface area contributed by atoms with Crippen molar-refractivity contribution in [2.75, 3.05) is 23.9 Å². The summed E-state index contributed by atoms with van der Waals surface area (Å²) in [6.07, 6.45) is 0.160. The lowest BCUT2D eigenvalue weighted by atomic mass is 10.1. The van der Waals surface area contributed by atoms with Crippen LogP contribution in [0.25, 0.3) is 0 Å². The number of hydrogen-bond donors (Lipinski definition) is 1. The monoisotopic (exact) mass is 358 g/mol. The number of halogens is 1. The third-order valence-corrected chi connectivity index (χ3v) is 4.58. The molecule has 0 radical (unpaired) electrons. The van der Waals surface area contributed by atoms with Gasteiger partial charge in [-0.15, -0.1) is 0 Å². The zero-order chi connectivity index (χ0) is 18.0. The van der Waals surface area contributed by atoms with Crippen molar-refractivity contribution < 1.29 is 14.3 Å². The van der Waals surface area contributed by atoms with Gasteiger partial charge in [-0.1, -0.05) is 29.8 Å². The highest BCUT2D eigenvalue weighted by atomic mass is 35.5. The zero-order valence-electron chi connectivity index (χ0n) is 14.1. The van der Waals surface area contributed by atoms with Gasteiger partial charge in [0.05, 0.1) is 29.4 Å². The van der Waals surface area contributed by atoms with Gasteiger partial charge in [0.25, 0.3) is 0 Å².